The molecule has 0 radical (unpaired) electrons. The molecule has 0 spiro atoms. The Bertz CT molecular complexity index is 779. The number of likely N-dealkylation sites (N-methyl/N-ethyl adjacent to an activating group) is 1. The highest BCUT2D eigenvalue weighted by Crippen LogP contribution is 2.26. The molecule has 0 unspecified atom stereocenters. The molecule has 3 rings (SSSR count). The molecule has 4 heteroatoms. The number of aryl methyl sites for hydroxylation is 1. The number of carbonyl (C=O) groups excluding carboxylic acids is 1. The normalized spacial score (nSPS) is 14.8. The Balaban J connectivity index is 0.00000261. The first-order valence-corrected chi connectivity index (χ1v) is 9.49. The molecule has 144 valence electrons. The molecule has 2 aromatic rings. The van der Waals surface area contributed by atoms with Gasteiger partial charge >= 0.3 is 0 Å². The number of allylic oxidation sites excluding steroid dienone is 1. The van der Waals surface area contributed by atoms with Gasteiger partial charge in [0.1, 0.15) is 12.4 Å². The van der Waals surface area contributed by atoms with Crippen molar-refractivity contribution in [2.75, 3.05) is 26.2 Å². The third-order valence-electron chi connectivity index (χ3n) is 5.01. The minimum absolute atomic E-state index is 0. The van der Waals surface area contributed by atoms with Crippen molar-refractivity contribution in [2.24, 2.45) is 0 Å². The van der Waals surface area contributed by atoms with E-state index >= 15 is 0 Å². The topological polar surface area (TPSA) is 29.5 Å². The van der Waals surface area contributed by atoms with Crippen LogP contribution in [0.25, 0.3) is 6.08 Å². The van der Waals surface area contributed by atoms with E-state index in [1.54, 1.807) is 0 Å². The van der Waals surface area contributed by atoms with Crippen LogP contribution in [0.3, 0.4) is 0 Å². The smallest absolute Gasteiger partial charge is 0.189 e. The fourth-order valence-electron chi connectivity index (χ4n) is 3.35. The zero-order chi connectivity index (χ0) is 18.4. The third-order valence-corrected chi connectivity index (χ3v) is 5.01. The lowest BCUT2D eigenvalue weighted by molar-refractivity contribution is 0.102. The van der Waals surface area contributed by atoms with Gasteiger partial charge in [-0.1, -0.05) is 50.2 Å². The first-order chi connectivity index (χ1) is 12.7. The molecule has 0 aliphatic heterocycles. The van der Waals surface area contributed by atoms with Crippen molar-refractivity contribution in [1.82, 2.24) is 4.90 Å². The molecule has 0 heterocycles. The number of hydrogen-bond acceptors (Lipinski definition) is 3. The van der Waals surface area contributed by atoms with Crippen LogP contribution >= 0.6 is 12.4 Å². The van der Waals surface area contributed by atoms with Crippen LogP contribution in [0.5, 0.6) is 5.75 Å². The highest BCUT2D eigenvalue weighted by molar-refractivity contribution is 6.13. The van der Waals surface area contributed by atoms with Crippen LogP contribution in [-0.4, -0.2) is 36.9 Å². The van der Waals surface area contributed by atoms with E-state index in [9.17, 15) is 4.79 Å². The van der Waals surface area contributed by atoms with Crippen LogP contribution < -0.4 is 4.74 Å². The summed E-state index contributed by atoms with van der Waals surface area (Å²) in [6.45, 7) is 8.05. The summed E-state index contributed by atoms with van der Waals surface area (Å²) in [5, 5.41) is 0. The summed E-state index contributed by atoms with van der Waals surface area (Å²) >= 11 is 0. The van der Waals surface area contributed by atoms with Gasteiger partial charge in [0.2, 0.25) is 0 Å². The Morgan fingerprint density at radius 1 is 1.00 bits per heavy atom. The van der Waals surface area contributed by atoms with Crippen molar-refractivity contribution in [2.45, 2.75) is 26.7 Å². The number of nitrogens with zero attached hydrogens (tertiary/aromatic N) is 1. The number of rotatable bonds is 7. The molecule has 3 nitrogen and oxygen atoms in total. The lowest BCUT2D eigenvalue weighted by Crippen LogP contribution is -2.27. The fourth-order valence-corrected chi connectivity index (χ4v) is 3.35. The molecule has 0 atom stereocenters. The predicted molar refractivity (Wildman–Crippen MR) is 114 cm³/mol. The van der Waals surface area contributed by atoms with Gasteiger partial charge in [-0.3, -0.25) is 4.79 Å². The number of fused-ring (bicyclic) bond motifs is 1. The number of benzene rings is 2. The van der Waals surface area contributed by atoms with Crippen LogP contribution in [0.1, 0.15) is 41.8 Å². The van der Waals surface area contributed by atoms with E-state index in [2.05, 4.69) is 18.7 Å². The first kappa shape index (κ1) is 21.2. The molecule has 0 aromatic heterocycles. The Morgan fingerprint density at radius 2 is 1.70 bits per heavy atom. The molecule has 27 heavy (non-hydrogen) atoms. The zero-order valence-electron chi connectivity index (χ0n) is 16.1. The van der Waals surface area contributed by atoms with Gasteiger partial charge in [-0.2, -0.15) is 0 Å². The second kappa shape index (κ2) is 10.3. The van der Waals surface area contributed by atoms with Crippen molar-refractivity contribution in [3.05, 3.63) is 70.8 Å². The van der Waals surface area contributed by atoms with Crippen LogP contribution in [0.2, 0.25) is 0 Å². The molecule has 0 saturated carbocycles. The Kier molecular flexibility index (Phi) is 8.08. The summed E-state index contributed by atoms with van der Waals surface area (Å²) in [5.74, 6) is 1.03. The van der Waals surface area contributed by atoms with E-state index < -0.39 is 0 Å². The average Bonchev–Trinajstić information content (AvgIpc) is 2.69. The average molecular weight is 386 g/mol. The second-order valence-corrected chi connectivity index (χ2v) is 6.60. The molecular formula is C23H28ClNO2. The van der Waals surface area contributed by atoms with Gasteiger partial charge in [0.25, 0.3) is 0 Å². The Labute approximate surface area is 168 Å². The lowest BCUT2D eigenvalue weighted by Gasteiger charge is -2.18. The van der Waals surface area contributed by atoms with Crippen molar-refractivity contribution in [1.29, 1.82) is 0 Å². The van der Waals surface area contributed by atoms with Crippen molar-refractivity contribution >= 4 is 24.3 Å². The molecule has 0 N–H and O–H groups in total. The van der Waals surface area contributed by atoms with E-state index in [0.717, 1.165) is 60.5 Å². The predicted octanol–water partition coefficient (Wildman–Crippen LogP) is 5.04. The maximum absolute atomic E-state index is 12.7. The third kappa shape index (κ3) is 5.44. The van der Waals surface area contributed by atoms with E-state index in [4.69, 9.17) is 4.74 Å². The summed E-state index contributed by atoms with van der Waals surface area (Å²) in [4.78, 5) is 15.0. The van der Waals surface area contributed by atoms with Crippen molar-refractivity contribution in [3.63, 3.8) is 0 Å². The maximum atomic E-state index is 12.7. The van der Waals surface area contributed by atoms with Crippen LogP contribution in [0.4, 0.5) is 0 Å². The highest BCUT2D eigenvalue weighted by Gasteiger charge is 2.20. The number of carbonyl (C=O) groups is 1. The van der Waals surface area contributed by atoms with Gasteiger partial charge < -0.3 is 9.64 Å². The van der Waals surface area contributed by atoms with Gasteiger partial charge in [-0.25, -0.2) is 0 Å². The number of ether oxygens (including phenoxy) is 1. The molecule has 0 fully saturated rings. The summed E-state index contributed by atoms with van der Waals surface area (Å²) in [6.07, 6.45) is 3.75. The lowest BCUT2D eigenvalue weighted by atomic mass is 9.86. The highest BCUT2D eigenvalue weighted by atomic mass is 35.5. The van der Waals surface area contributed by atoms with E-state index in [1.165, 1.54) is 0 Å². The molecular weight excluding hydrogens is 358 g/mol. The molecule has 1 aliphatic carbocycles. The molecule has 0 amide bonds. The number of halogens is 1. The van der Waals surface area contributed by atoms with Gasteiger partial charge in [0, 0.05) is 17.7 Å². The zero-order valence-corrected chi connectivity index (χ0v) is 16.9. The van der Waals surface area contributed by atoms with Crippen molar-refractivity contribution in [3.8, 4) is 5.75 Å². The monoisotopic (exact) mass is 385 g/mol. The maximum Gasteiger partial charge on any atom is 0.189 e. The number of Topliss-reactive ketones (excluding diaryl/α,β-unsaturated/α-hetero) is 1. The van der Waals surface area contributed by atoms with E-state index in [-0.39, 0.29) is 18.2 Å². The van der Waals surface area contributed by atoms with E-state index in [0.29, 0.717) is 6.61 Å². The standard InChI is InChI=1S/C23H27NO2.ClH/c1-3-24(4-2)15-16-26-21-13-9-18(10-14-21)17-20-12-11-19-7-5-6-8-22(19)23(20)25;/h5-10,13-14,17H,3-4,11-12,15-16H2,1-2H3;1H. The molecule has 1 aliphatic rings. The fraction of sp³-hybridized carbons (Fsp3) is 0.348. The minimum atomic E-state index is 0. The van der Waals surface area contributed by atoms with Crippen LogP contribution in [0, 0.1) is 0 Å². The van der Waals surface area contributed by atoms with Gasteiger partial charge in [0.15, 0.2) is 5.78 Å². The summed E-state index contributed by atoms with van der Waals surface area (Å²) in [7, 11) is 0. The second-order valence-electron chi connectivity index (χ2n) is 6.60. The number of hydrogen-bond donors (Lipinski definition) is 0. The minimum Gasteiger partial charge on any atom is -0.492 e. The SMILES string of the molecule is CCN(CC)CCOc1ccc(C=C2CCc3ccccc3C2=O)cc1.Cl. The molecule has 0 saturated heterocycles. The quantitative estimate of drug-likeness (QED) is 0.625. The molecule has 0 bridgehead atoms. The largest absolute Gasteiger partial charge is 0.492 e. The summed E-state index contributed by atoms with van der Waals surface area (Å²) in [5.41, 5.74) is 3.94. The summed E-state index contributed by atoms with van der Waals surface area (Å²) < 4.78 is 5.82. The van der Waals surface area contributed by atoms with Gasteiger partial charge in [-0.15, -0.1) is 12.4 Å². The molecule has 2 aromatic carbocycles. The van der Waals surface area contributed by atoms with Gasteiger partial charge in [0.05, 0.1) is 0 Å². The Hall–Kier alpha value is -2.10. The Morgan fingerprint density at radius 3 is 2.41 bits per heavy atom. The number of ketones is 1. The van der Waals surface area contributed by atoms with Crippen LogP contribution in [0.15, 0.2) is 54.1 Å². The van der Waals surface area contributed by atoms with Crippen LogP contribution in [-0.2, 0) is 6.42 Å². The first-order valence-electron chi connectivity index (χ1n) is 9.49. The summed E-state index contributed by atoms with van der Waals surface area (Å²) in [6, 6.07) is 15.9. The van der Waals surface area contributed by atoms with Gasteiger partial charge in [-0.05, 0) is 55.3 Å². The van der Waals surface area contributed by atoms with E-state index in [1.807, 2.05) is 54.6 Å². The van der Waals surface area contributed by atoms with Crippen molar-refractivity contribution < 1.29 is 9.53 Å².